The average Bonchev–Trinajstić information content (AvgIpc) is 3.56. The summed E-state index contributed by atoms with van der Waals surface area (Å²) < 4.78 is 3.50. The molecule has 4 nitrogen and oxygen atoms in total. The van der Waals surface area contributed by atoms with Gasteiger partial charge in [0.1, 0.15) is 16.0 Å². The maximum absolute atomic E-state index is 4.93. The lowest BCUT2D eigenvalue weighted by Gasteiger charge is -2.11. The summed E-state index contributed by atoms with van der Waals surface area (Å²) in [6, 6.07) is 36.7. The van der Waals surface area contributed by atoms with Crippen molar-refractivity contribution in [1.82, 2.24) is 19.4 Å². The number of benzene rings is 4. The SMILES string of the molecule is c1cnc2c(c1)cc(-c1ccc3cc(-c4ccc5nc6c7ccccc7sc6n5c4)ccc3c1)c1cccnc12. The largest absolute Gasteiger partial charge is 0.290 e. The van der Waals surface area contributed by atoms with Crippen LogP contribution in [0.25, 0.3) is 80.9 Å². The molecule has 0 aliphatic carbocycles. The molecule has 5 heterocycles. The van der Waals surface area contributed by atoms with Crippen LogP contribution in [0.15, 0.2) is 122 Å². The van der Waals surface area contributed by atoms with E-state index in [1.54, 1.807) is 11.3 Å². The Morgan fingerprint density at radius 3 is 2.23 bits per heavy atom. The smallest absolute Gasteiger partial charge is 0.138 e. The summed E-state index contributed by atoms with van der Waals surface area (Å²) in [5, 5.41) is 5.86. The lowest BCUT2D eigenvalue weighted by Crippen LogP contribution is -1.89. The van der Waals surface area contributed by atoms with Gasteiger partial charge < -0.3 is 0 Å². The van der Waals surface area contributed by atoms with Gasteiger partial charge in [-0.1, -0.05) is 54.6 Å². The summed E-state index contributed by atoms with van der Waals surface area (Å²) in [6.07, 6.45) is 5.90. The molecule has 9 aromatic rings. The summed E-state index contributed by atoms with van der Waals surface area (Å²) in [6.45, 7) is 0. The Hall–Kier alpha value is -5.13. The minimum atomic E-state index is 0.939. The van der Waals surface area contributed by atoms with Crippen molar-refractivity contribution in [2.24, 2.45) is 0 Å². The molecule has 40 heavy (non-hydrogen) atoms. The highest BCUT2D eigenvalue weighted by molar-refractivity contribution is 7.25. The summed E-state index contributed by atoms with van der Waals surface area (Å²) in [5.74, 6) is 0. The zero-order valence-electron chi connectivity index (χ0n) is 21.2. The van der Waals surface area contributed by atoms with Crippen molar-refractivity contribution in [3.63, 3.8) is 0 Å². The second kappa shape index (κ2) is 8.18. The van der Waals surface area contributed by atoms with Crippen molar-refractivity contribution in [3.05, 3.63) is 122 Å². The van der Waals surface area contributed by atoms with E-state index in [4.69, 9.17) is 4.98 Å². The quantitative estimate of drug-likeness (QED) is 0.210. The zero-order chi connectivity index (χ0) is 26.2. The molecule has 186 valence electrons. The Labute approximate surface area is 232 Å². The van der Waals surface area contributed by atoms with Crippen molar-refractivity contribution >= 4 is 70.0 Å². The fourth-order valence-corrected chi connectivity index (χ4v) is 7.06. The first-order valence-electron chi connectivity index (χ1n) is 13.3. The predicted octanol–water partition coefficient (Wildman–Crippen LogP) is 9.29. The number of thiophene rings is 1. The average molecular weight is 529 g/mol. The predicted molar refractivity (Wildman–Crippen MR) is 167 cm³/mol. The van der Waals surface area contributed by atoms with Gasteiger partial charge in [0.15, 0.2) is 0 Å². The van der Waals surface area contributed by atoms with E-state index in [0.29, 0.717) is 0 Å². The van der Waals surface area contributed by atoms with E-state index < -0.39 is 0 Å². The molecule has 9 rings (SSSR count). The third kappa shape index (κ3) is 3.15. The molecule has 0 aliphatic heterocycles. The normalized spacial score (nSPS) is 12.0. The second-order valence-electron chi connectivity index (χ2n) is 10.2. The third-order valence-electron chi connectivity index (χ3n) is 7.87. The maximum atomic E-state index is 4.93. The summed E-state index contributed by atoms with van der Waals surface area (Å²) in [4.78, 5) is 15.4. The van der Waals surface area contributed by atoms with Crippen molar-refractivity contribution < 1.29 is 0 Å². The van der Waals surface area contributed by atoms with Crippen LogP contribution in [0.1, 0.15) is 0 Å². The number of imidazole rings is 1. The third-order valence-corrected chi connectivity index (χ3v) is 9.03. The molecule has 0 atom stereocenters. The molecule has 0 radical (unpaired) electrons. The maximum Gasteiger partial charge on any atom is 0.138 e. The fraction of sp³-hybridized carbons (Fsp3) is 0. The van der Waals surface area contributed by atoms with E-state index in [-0.39, 0.29) is 0 Å². The van der Waals surface area contributed by atoms with Gasteiger partial charge in [-0.25, -0.2) is 4.98 Å². The van der Waals surface area contributed by atoms with E-state index in [1.165, 1.54) is 47.9 Å². The Bertz CT molecular complexity index is 2450. The van der Waals surface area contributed by atoms with Crippen LogP contribution in [-0.2, 0) is 0 Å². The van der Waals surface area contributed by atoms with Crippen LogP contribution < -0.4 is 0 Å². The molecule has 0 unspecified atom stereocenters. The molecule has 0 saturated carbocycles. The first-order valence-corrected chi connectivity index (χ1v) is 14.1. The van der Waals surface area contributed by atoms with E-state index >= 15 is 0 Å². The first-order chi connectivity index (χ1) is 19.8. The van der Waals surface area contributed by atoms with Gasteiger partial charge >= 0.3 is 0 Å². The van der Waals surface area contributed by atoms with Crippen molar-refractivity contribution in [2.45, 2.75) is 0 Å². The van der Waals surface area contributed by atoms with Gasteiger partial charge in [-0.15, -0.1) is 11.3 Å². The molecule has 0 bridgehead atoms. The number of hydrogen-bond donors (Lipinski definition) is 0. The number of rotatable bonds is 2. The molecular weight excluding hydrogens is 508 g/mol. The minimum absolute atomic E-state index is 0.939. The topological polar surface area (TPSA) is 43.1 Å². The standard InChI is InChI=1S/C35H20N4S/c1-2-8-30-28(6-1)34-35(40-30)39-20-26(13-14-31(39)38-34)23-10-9-22-18-24(12-11-21(22)17-23)29-19-25-5-3-15-36-32(25)33-27(29)7-4-16-37-33/h1-20H. The number of hydrogen-bond acceptors (Lipinski definition) is 4. The highest BCUT2D eigenvalue weighted by Crippen LogP contribution is 2.37. The summed E-state index contributed by atoms with van der Waals surface area (Å²) in [7, 11) is 0. The summed E-state index contributed by atoms with van der Waals surface area (Å²) in [5.41, 5.74) is 8.66. The molecule has 0 spiro atoms. The van der Waals surface area contributed by atoms with Gasteiger partial charge in [0.05, 0.1) is 11.0 Å². The van der Waals surface area contributed by atoms with Gasteiger partial charge in [0.2, 0.25) is 0 Å². The zero-order valence-corrected chi connectivity index (χ0v) is 22.1. The van der Waals surface area contributed by atoms with E-state index in [2.05, 4.69) is 112 Å². The lowest BCUT2D eigenvalue weighted by atomic mass is 9.95. The number of aromatic nitrogens is 4. The molecule has 5 heteroatoms. The molecule has 0 amide bonds. The minimum Gasteiger partial charge on any atom is -0.290 e. The Morgan fingerprint density at radius 2 is 1.30 bits per heavy atom. The fourth-order valence-electron chi connectivity index (χ4n) is 5.93. The Balaban J connectivity index is 1.17. The second-order valence-corrected chi connectivity index (χ2v) is 11.2. The van der Waals surface area contributed by atoms with Crippen LogP contribution in [0.2, 0.25) is 0 Å². The van der Waals surface area contributed by atoms with Crippen LogP contribution in [0, 0.1) is 0 Å². The van der Waals surface area contributed by atoms with E-state index in [1.807, 2.05) is 24.5 Å². The van der Waals surface area contributed by atoms with Gasteiger partial charge in [-0.3, -0.25) is 14.4 Å². The monoisotopic (exact) mass is 528 g/mol. The molecule has 5 aromatic heterocycles. The van der Waals surface area contributed by atoms with Crippen LogP contribution in [0.3, 0.4) is 0 Å². The van der Waals surface area contributed by atoms with Gasteiger partial charge in [-0.05, 0) is 81.6 Å². The van der Waals surface area contributed by atoms with Crippen LogP contribution >= 0.6 is 11.3 Å². The molecule has 0 aliphatic rings. The molecule has 4 aromatic carbocycles. The van der Waals surface area contributed by atoms with Crippen molar-refractivity contribution in [2.75, 3.05) is 0 Å². The van der Waals surface area contributed by atoms with Crippen LogP contribution in [0.4, 0.5) is 0 Å². The molecule has 0 fully saturated rings. The van der Waals surface area contributed by atoms with E-state index in [0.717, 1.165) is 33.0 Å². The number of nitrogens with zero attached hydrogens (tertiary/aromatic N) is 4. The van der Waals surface area contributed by atoms with Crippen LogP contribution in [0.5, 0.6) is 0 Å². The Morgan fingerprint density at radius 1 is 0.550 bits per heavy atom. The molecule has 0 N–H and O–H groups in total. The highest BCUT2D eigenvalue weighted by atomic mass is 32.1. The van der Waals surface area contributed by atoms with Gasteiger partial charge in [0.25, 0.3) is 0 Å². The van der Waals surface area contributed by atoms with Gasteiger partial charge in [0, 0.05) is 39.4 Å². The Kier molecular flexibility index (Phi) is 4.45. The highest BCUT2D eigenvalue weighted by Gasteiger charge is 2.14. The summed E-state index contributed by atoms with van der Waals surface area (Å²) >= 11 is 1.80. The molecular formula is C35H20N4S. The van der Waals surface area contributed by atoms with Gasteiger partial charge in [-0.2, -0.15) is 0 Å². The number of fused-ring (bicyclic) bond motifs is 9. The lowest BCUT2D eigenvalue weighted by molar-refractivity contribution is 1.24. The first kappa shape index (κ1) is 21.8. The van der Waals surface area contributed by atoms with Crippen molar-refractivity contribution in [1.29, 1.82) is 0 Å². The van der Waals surface area contributed by atoms with Crippen molar-refractivity contribution in [3.8, 4) is 22.3 Å². The van der Waals surface area contributed by atoms with E-state index in [9.17, 15) is 0 Å². The molecule has 0 saturated heterocycles. The van der Waals surface area contributed by atoms with Crippen LogP contribution in [-0.4, -0.2) is 19.4 Å². The number of pyridine rings is 3.